The van der Waals surface area contributed by atoms with Crippen molar-refractivity contribution < 1.29 is 50.9 Å². The van der Waals surface area contributed by atoms with Crippen LogP contribution in [0, 0.1) is 0 Å². The second-order valence-corrected chi connectivity index (χ2v) is 3.83. The van der Waals surface area contributed by atoms with Gasteiger partial charge >= 0.3 is 7.82 Å². The van der Waals surface area contributed by atoms with Gasteiger partial charge in [-0.2, -0.15) is 0 Å². The van der Waals surface area contributed by atoms with E-state index in [9.17, 15) is 4.79 Å². The minimum absolute atomic E-state index is 0.822. The average molecular weight is 279 g/mol. The van der Waals surface area contributed by atoms with Crippen LogP contribution >= 0.6 is 7.82 Å². The van der Waals surface area contributed by atoms with Crippen molar-refractivity contribution in [2.75, 3.05) is 6.61 Å². The third-order valence-corrected chi connectivity index (χ3v) is 1.38. The van der Waals surface area contributed by atoms with Crippen LogP contribution in [0.25, 0.3) is 0 Å². The van der Waals surface area contributed by atoms with Crippen LogP contribution in [0.15, 0.2) is 0 Å². The summed E-state index contributed by atoms with van der Waals surface area (Å²) >= 11 is 0. The zero-order valence-electron chi connectivity index (χ0n) is 9.36. The third kappa shape index (κ3) is 11.8. The van der Waals surface area contributed by atoms with Crippen molar-refractivity contribution in [3.05, 3.63) is 0 Å². The van der Waals surface area contributed by atoms with E-state index in [0.717, 1.165) is 0 Å². The second kappa shape index (κ2) is 8.64. The molecule has 4 atom stereocenters. The van der Waals surface area contributed by atoms with E-state index >= 15 is 0 Å². The Morgan fingerprint density at radius 3 is 1.71 bits per heavy atom. The summed E-state index contributed by atoms with van der Waals surface area (Å²) in [5.41, 5.74) is 0. The van der Waals surface area contributed by atoms with Crippen LogP contribution in [0.4, 0.5) is 0 Å². The first kappa shape index (κ1) is 16.6. The molecule has 0 radical (unpaired) electrons. The van der Waals surface area contributed by atoms with E-state index in [-0.39, 0.29) is 0 Å². The molecule has 0 saturated carbocycles. The molecule has 104 valence electrons. The molecule has 0 rings (SSSR count). The van der Waals surface area contributed by atoms with Crippen molar-refractivity contribution in [3.8, 4) is 0 Å². The highest BCUT2D eigenvalue weighted by Gasteiger charge is 2.29. The minimum atomic E-state index is -4.64. The number of aldehydes is 1. The predicted molar refractivity (Wildman–Crippen MR) is 51.4 cm³/mol. The van der Waals surface area contributed by atoms with Gasteiger partial charge in [-0.25, -0.2) is 4.57 Å². The molecule has 0 amide bonds. The van der Waals surface area contributed by atoms with Gasteiger partial charge in [0.15, 0.2) is 6.26 Å². The van der Waals surface area contributed by atoms with Crippen LogP contribution in [0.1, 0.15) is 1.37 Å². The van der Waals surface area contributed by atoms with Crippen molar-refractivity contribution in [3.63, 3.8) is 0 Å². The molecule has 0 aromatic heterocycles. The second-order valence-electron chi connectivity index (χ2n) is 2.81. The monoisotopic (exact) mass is 279 g/mol. The zero-order chi connectivity index (χ0) is 15.1. The van der Waals surface area contributed by atoms with E-state index < -0.39 is 45.1 Å². The quantitative estimate of drug-likeness (QED) is 0.180. The molecule has 0 heterocycles. The van der Waals surface area contributed by atoms with Gasteiger partial charge in [-0.3, -0.25) is 0 Å². The van der Waals surface area contributed by atoms with Gasteiger partial charge < -0.3 is 45.0 Å². The molecule has 0 saturated heterocycles. The topological polar surface area (TPSA) is 196 Å². The molecule has 0 aliphatic carbocycles. The molecular formula is C6H15O10P. The Kier molecular flexibility index (Phi) is 8.43. The van der Waals surface area contributed by atoms with Gasteiger partial charge in [0.05, 0.1) is 6.61 Å². The maximum atomic E-state index is 10.2. The summed E-state index contributed by atoms with van der Waals surface area (Å²) in [6.45, 7) is -0.822. The number of carbonyl (C=O) groups is 1. The summed E-state index contributed by atoms with van der Waals surface area (Å²) in [5, 5.41) is 43.8. The summed E-state index contributed by atoms with van der Waals surface area (Å²) in [4.78, 5) is 31.8. The lowest BCUT2D eigenvalue weighted by atomic mass is 10.0. The molecule has 17 heavy (non-hydrogen) atoms. The van der Waals surface area contributed by atoms with E-state index in [2.05, 4.69) is 0 Å². The molecular weight excluding hydrogens is 263 g/mol. The Morgan fingerprint density at radius 2 is 1.47 bits per heavy atom. The van der Waals surface area contributed by atoms with E-state index in [1.54, 1.807) is 0 Å². The first-order valence-electron chi connectivity index (χ1n) is 4.53. The van der Waals surface area contributed by atoms with E-state index in [1.165, 1.54) is 0 Å². The van der Waals surface area contributed by atoms with E-state index in [0.29, 0.717) is 0 Å². The number of rotatable bonds is 5. The van der Waals surface area contributed by atoms with Crippen LogP contribution in [0.2, 0.25) is 0 Å². The molecule has 0 bridgehead atoms. The van der Waals surface area contributed by atoms with Gasteiger partial charge in [0.25, 0.3) is 0 Å². The highest BCUT2D eigenvalue weighted by atomic mass is 31.2. The number of phosphoric acid groups is 1. The van der Waals surface area contributed by atoms with Crippen LogP contribution in [0.5, 0.6) is 0 Å². The zero-order valence-corrected chi connectivity index (χ0v) is 9.25. The number of hydrogen-bond acceptors (Lipinski definition) is 7. The fraction of sp³-hybridized carbons (Fsp3) is 0.833. The fourth-order valence-corrected chi connectivity index (χ4v) is 0.592. The van der Waals surface area contributed by atoms with Gasteiger partial charge in [0.1, 0.15) is 25.8 Å². The highest BCUT2D eigenvalue weighted by Crippen LogP contribution is 2.25. The highest BCUT2D eigenvalue weighted by molar-refractivity contribution is 7.45. The summed E-state index contributed by atoms with van der Waals surface area (Å²) in [5.74, 6) is 0. The maximum absolute atomic E-state index is 10.2. The normalized spacial score (nSPS) is 19.2. The van der Waals surface area contributed by atoms with Crippen molar-refractivity contribution in [2.24, 2.45) is 0 Å². The van der Waals surface area contributed by atoms with Crippen molar-refractivity contribution in [1.82, 2.24) is 0 Å². The number of carbonyl (C=O) groups excluding carboxylic acids is 1. The predicted octanol–water partition coefficient (Wildman–Crippen LogP) is -4.31. The number of hydrogen-bond donors (Lipinski definition) is 8. The summed E-state index contributed by atoms with van der Waals surface area (Å²) in [6, 6.07) is 0. The Morgan fingerprint density at radius 1 is 1.12 bits per heavy atom. The molecule has 11 heteroatoms. The fourth-order valence-electron chi connectivity index (χ4n) is 0.592. The van der Waals surface area contributed by atoms with Gasteiger partial charge in [0, 0.05) is 0 Å². The SMILES string of the molecule is O=P(O)(O)O.[2H]C(=O)[C@H](O)[C@@H](O)[C@H](O)[C@H](O)CO. The average Bonchev–Trinajstić information content (AvgIpc) is 2.22. The molecule has 0 aromatic rings. The van der Waals surface area contributed by atoms with Gasteiger partial charge in [-0.05, 0) is 0 Å². The first-order valence-corrected chi connectivity index (χ1v) is 5.60. The largest absolute Gasteiger partial charge is 0.466 e. The lowest BCUT2D eigenvalue weighted by molar-refractivity contribution is -0.136. The van der Waals surface area contributed by atoms with Crippen LogP contribution < -0.4 is 0 Å². The van der Waals surface area contributed by atoms with Gasteiger partial charge in [-0.15, -0.1) is 0 Å². The Hall–Kier alpha value is -0.420. The van der Waals surface area contributed by atoms with E-state index in [1.807, 2.05) is 0 Å². The molecule has 8 N–H and O–H groups in total. The molecule has 0 aliphatic rings. The molecule has 0 fully saturated rings. The summed E-state index contributed by atoms with van der Waals surface area (Å²) in [7, 11) is -4.64. The molecule has 10 nitrogen and oxygen atoms in total. The van der Waals surface area contributed by atoms with Crippen LogP contribution in [-0.4, -0.2) is 77.5 Å². The Bertz CT molecular complexity index is 284. The summed E-state index contributed by atoms with van der Waals surface area (Å²) < 4.78 is 15.3. The van der Waals surface area contributed by atoms with Crippen molar-refractivity contribution >= 4 is 14.1 Å². The van der Waals surface area contributed by atoms with Crippen LogP contribution in [0.3, 0.4) is 0 Å². The van der Waals surface area contributed by atoms with Crippen LogP contribution in [-0.2, 0) is 9.36 Å². The van der Waals surface area contributed by atoms with Crippen molar-refractivity contribution in [1.29, 1.82) is 0 Å². The lowest BCUT2D eigenvalue weighted by Crippen LogP contribution is -2.46. The molecule has 0 aromatic carbocycles. The van der Waals surface area contributed by atoms with Gasteiger partial charge in [-0.1, -0.05) is 0 Å². The lowest BCUT2D eigenvalue weighted by Gasteiger charge is -2.22. The van der Waals surface area contributed by atoms with E-state index in [4.69, 9.17) is 46.1 Å². The molecule has 0 spiro atoms. The van der Waals surface area contributed by atoms with Crippen molar-refractivity contribution in [2.45, 2.75) is 24.4 Å². The first-order chi connectivity index (χ1) is 7.91. The number of aliphatic hydroxyl groups excluding tert-OH is 5. The maximum Gasteiger partial charge on any atom is 0.466 e. The number of aliphatic hydroxyl groups is 5. The third-order valence-electron chi connectivity index (χ3n) is 1.38. The smallest absolute Gasteiger partial charge is 0.394 e. The summed E-state index contributed by atoms with van der Waals surface area (Å²) in [6.07, 6.45) is -9.07. The standard InChI is InChI=1S/C6H12O6.H3O4P/c7-1-3(9)5(11)6(12)4(10)2-8;1-5(2,3)4/h1,3-6,8-12H,2H2;(H3,1,2,3,4)/t3-,4+,5+,6+;/m0./s1/i1D;. The van der Waals surface area contributed by atoms with Gasteiger partial charge in [0.2, 0.25) is 0 Å². The Balaban J connectivity index is 0. The minimum Gasteiger partial charge on any atom is -0.394 e. The Labute approximate surface area is 97.0 Å². The molecule has 0 unspecified atom stereocenters. The molecule has 0 aliphatic heterocycles.